The van der Waals surface area contributed by atoms with Gasteiger partial charge in [0.15, 0.2) is 0 Å². The molecule has 0 aliphatic rings. The SMILES string of the molecule is COc1cccc(Nc2c(C(N)=O)cnc3c(C)cc(Sc4cccc(CO)c4)cc23)c1. The first-order valence-corrected chi connectivity index (χ1v) is 10.8. The molecule has 0 aliphatic heterocycles. The number of hydrogen-bond donors (Lipinski definition) is 3. The largest absolute Gasteiger partial charge is 0.497 e. The Labute approximate surface area is 190 Å². The number of rotatable bonds is 7. The van der Waals surface area contributed by atoms with Gasteiger partial charge in [0.1, 0.15) is 5.75 Å². The van der Waals surface area contributed by atoms with Crippen LogP contribution in [0.1, 0.15) is 21.5 Å². The molecule has 4 N–H and O–H groups in total. The standard InChI is InChI=1S/C25H23N3O3S/c1-15-9-20(32-19-8-3-5-16(10-19)14-29)12-21-23(15)27-13-22(25(26)30)24(21)28-17-6-4-7-18(11-17)31-2/h3-13,29H,14H2,1-2H3,(H2,26,30)(H,27,28). The van der Waals surface area contributed by atoms with Crippen molar-refractivity contribution in [1.29, 1.82) is 0 Å². The number of pyridine rings is 1. The molecule has 1 amide bonds. The number of benzene rings is 3. The summed E-state index contributed by atoms with van der Waals surface area (Å²) in [6.07, 6.45) is 1.51. The number of aryl methyl sites for hydroxylation is 1. The third kappa shape index (κ3) is 4.54. The highest BCUT2D eigenvalue weighted by Gasteiger charge is 2.16. The fourth-order valence-electron chi connectivity index (χ4n) is 3.52. The number of carbonyl (C=O) groups excluding carboxylic acids is 1. The van der Waals surface area contributed by atoms with Gasteiger partial charge in [-0.05, 0) is 54.4 Å². The fourth-order valence-corrected chi connectivity index (χ4v) is 4.56. The molecule has 32 heavy (non-hydrogen) atoms. The maximum atomic E-state index is 12.2. The van der Waals surface area contributed by atoms with Gasteiger partial charge < -0.3 is 20.9 Å². The zero-order valence-corrected chi connectivity index (χ0v) is 18.6. The molecule has 6 nitrogen and oxygen atoms in total. The lowest BCUT2D eigenvalue weighted by Crippen LogP contribution is -2.14. The molecule has 0 saturated carbocycles. The summed E-state index contributed by atoms with van der Waals surface area (Å²) in [4.78, 5) is 18.7. The van der Waals surface area contributed by atoms with Gasteiger partial charge in [-0.3, -0.25) is 9.78 Å². The second-order valence-electron chi connectivity index (χ2n) is 7.31. The maximum Gasteiger partial charge on any atom is 0.252 e. The molecular weight excluding hydrogens is 422 g/mol. The van der Waals surface area contributed by atoms with Crippen molar-refractivity contribution < 1.29 is 14.6 Å². The van der Waals surface area contributed by atoms with Crippen LogP contribution in [0.4, 0.5) is 11.4 Å². The van der Waals surface area contributed by atoms with E-state index in [0.29, 0.717) is 17.0 Å². The number of carbonyl (C=O) groups is 1. The van der Waals surface area contributed by atoms with Gasteiger partial charge in [-0.2, -0.15) is 0 Å². The Morgan fingerprint density at radius 2 is 1.94 bits per heavy atom. The minimum Gasteiger partial charge on any atom is -0.497 e. The van der Waals surface area contributed by atoms with Crippen molar-refractivity contribution in [3.05, 3.63) is 83.6 Å². The van der Waals surface area contributed by atoms with Crippen LogP contribution >= 0.6 is 11.8 Å². The van der Waals surface area contributed by atoms with Crippen molar-refractivity contribution in [2.75, 3.05) is 12.4 Å². The number of hydrogen-bond acceptors (Lipinski definition) is 6. The molecule has 1 heterocycles. The van der Waals surface area contributed by atoms with Gasteiger partial charge in [-0.25, -0.2) is 0 Å². The first-order chi connectivity index (χ1) is 15.5. The van der Waals surface area contributed by atoms with Crippen LogP contribution in [0.25, 0.3) is 10.9 Å². The molecule has 162 valence electrons. The smallest absolute Gasteiger partial charge is 0.252 e. The van der Waals surface area contributed by atoms with Gasteiger partial charge in [-0.15, -0.1) is 0 Å². The fraction of sp³-hybridized carbons (Fsp3) is 0.120. The predicted molar refractivity (Wildman–Crippen MR) is 128 cm³/mol. The zero-order chi connectivity index (χ0) is 22.7. The molecule has 0 aliphatic carbocycles. The van der Waals surface area contributed by atoms with Crippen LogP contribution in [0.3, 0.4) is 0 Å². The number of ether oxygens (including phenoxy) is 1. The summed E-state index contributed by atoms with van der Waals surface area (Å²) < 4.78 is 5.32. The van der Waals surface area contributed by atoms with Gasteiger partial charge in [0.05, 0.1) is 30.5 Å². The number of nitrogens with zero attached hydrogens (tertiary/aromatic N) is 1. The average molecular weight is 446 g/mol. The topological polar surface area (TPSA) is 97.5 Å². The number of fused-ring (bicyclic) bond motifs is 1. The maximum absolute atomic E-state index is 12.2. The van der Waals surface area contributed by atoms with Gasteiger partial charge in [0, 0.05) is 33.1 Å². The van der Waals surface area contributed by atoms with Crippen molar-refractivity contribution in [1.82, 2.24) is 4.98 Å². The molecule has 0 saturated heterocycles. The van der Waals surface area contributed by atoms with E-state index in [-0.39, 0.29) is 6.61 Å². The average Bonchev–Trinajstić information content (AvgIpc) is 2.79. The van der Waals surface area contributed by atoms with Crippen LogP contribution in [0, 0.1) is 6.92 Å². The molecule has 0 atom stereocenters. The number of aliphatic hydroxyl groups excluding tert-OH is 1. The second kappa shape index (κ2) is 9.30. The minimum absolute atomic E-state index is 0.00829. The van der Waals surface area contributed by atoms with Crippen LogP contribution in [0.2, 0.25) is 0 Å². The van der Waals surface area contributed by atoms with Crippen molar-refractivity contribution in [3.8, 4) is 5.75 Å². The number of amides is 1. The van der Waals surface area contributed by atoms with E-state index in [4.69, 9.17) is 10.5 Å². The van der Waals surface area contributed by atoms with Crippen molar-refractivity contribution in [2.24, 2.45) is 5.73 Å². The number of nitrogens with one attached hydrogen (secondary N) is 1. The van der Waals surface area contributed by atoms with Gasteiger partial charge in [0.25, 0.3) is 5.91 Å². The van der Waals surface area contributed by atoms with E-state index in [2.05, 4.69) is 16.4 Å². The number of primary amides is 1. The number of nitrogens with two attached hydrogens (primary N) is 1. The van der Waals surface area contributed by atoms with E-state index in [0.717, 1.165) is 37.5 Å². The van der Waals surface area contributed by atoms with E-state index in [9.17, 15) is 9.90 Å². The quantitative estimate of drug-likeness (QED) is 0.369. The Morgan fingerprint density at radius 3 is 2.69 bits per heavy atom. The molecule has 0 radical (unpaired) electrons. The number of methoxy groups -OCH3 is 1. The monoisotopic (exact) mass is 445 g/mol. The Balaban J connectivity index is 1.84. The van der Waals surface area contributed by atoms with Crippen molar-refractivity contribution in [3.63, 3.8) is 0 Å². The first-order valence-electron chi connectivity index (χ1n) is 10.0. The molecule has 0 fully saturated rings. The highest BCUT2D eigenvalue weighted by atomic mass is 32.2. The molecule has 0 unspecified atom stereocenters. The normalized spacial score (nSPS) is 10.8. The van der Waals surface area contributed by atoms with E-state index < -0.39 is 5.91 Å². The van der Waals surface area contributed by atoms with Gasteiger partial charge >= 0.3 is 0 Å². The van der Waals surface area contributed by atoms with E-state index in [1.54, 1.807) is 18.9 Å². The van der Waals surface area contributed by atoms with Gasteiger partial charge in [-0.1, -0.05) is 30.0 Å². The Morgan fingerprint density at radius 1 is 1.12 bits per heavy atom. The van der Waals surface area contributed by atoms with E-state index in [1.807, 2.05) is 61.5 Å². The lowest BCUT2D eigenvalue weighted by molar-refractivity contribution is 0.100. The van der Waals surface area contributed by atoms with Gasteiger partial charge in [0.2, 0.25) is 0 Å². The highest BCUT2D eigenvalue weighted by Crippen LogP contribution is 2.37. The summed E-state index contributed by atoms with van der Waals surface area (Å²) in [6.45, 7) is 1.98. The second-order valence-corrected chi connectivity index (χ2v) is 8.46. The molecule has 4 rings (SSSR count). The summed E-state index contributed by atoms with van der Waals surface area (Å²) in [5.41, 5.74) is 9.97. The first kappa shape index (κ1) is 21.7. The summed E-state index contributed by atoms with van der Waals surface area (Å²) in [6, 6.07) is 19.3. The molecule has 7 heteroatoms. The minimum atomic E-state index is -0.559. The molecule has 0 bridgehead atoms. The lowest BCUT2D eigenvalue weighted by Gasteiger charge is -2.16. The number of aliphatic hydroxyl groups is 1. The molecule has 1 aromatic heterocycles. The molecular formula is C25H23N3O3S. The Bertz CT molecular complexity index is 1310. The third-order valence-electron chi connectivity index (χ3n) is 5.06. The van der Waals surface area contributed by atoms with Crippen molar-refractivity contribution in [2.45, 2.75) is 23.3 Å². The zero-order valence-electron chi connectivity index (χ0n) is 17.8. The number of aromatic nitrogens is 1. The van der Waals surface area contributed by atoms with Crippen LogP contribution in [-0.4, -0.2) is 23.1 Å². The highest BCUT2D eigenvalue weighted by molar-refractivity contribution is 7.99. The predicted octanol–water partition coefficient (Wildman–Crippen LogP) is 5.04. The van der Waals surface area contributed by atoms with E-state index in [1.165, 1.54) is 6.20 Å². The summed E-state index contributed by atoms with van der Waals surface area (Å²) >= 11 is 1.58. The van der Waals surface area contributed by atoms with Crippen LogP contribution < -0.4 is 15.8 Å². The summed E-state index contributed by atoms with van der Waals surface area (Å²) in [5, 5.41) is 13.6. The summed E-state index contributed by atoms with van der Waals surface area (Å²) in [5.74, 6) is 0.140. The molecule has 3 aromatic carbocycles. The third-order valence-corrected chi connectivity index (χ3v) is 6.02. The lowest BCUT2D eigenvalue weighted by atomic mass is 10.1. The van der Waals surface area contributed by atoms with Crippen LogP contribution in [0.15, 0.2) is 76.7 Å². The van der Waals surface area contributed by atoms with Crippen molar-refractivity contribution >= 4 is 39.9 Å². The molecule has 0 spiro atoms. The number of anilines is 2. The molecule has 4 aromatic rings. The van der Waals surface area contributed by atoms with Crippen LogP contribution in [-0.2, 0) is 6.61 Å². The Hall–Kier alpha value is -3.55. The summed E-state index contributed by atoms with van der Waals surface area (Å²) in [7, 11) is 1.61. The van der Waals surface area contributed by atoms with E-state index >= 15 is 0 Å². The van der Waals surface area contributed by atoms with Crippen LogP contribution in [0.5, 0.6) is 5.75 Å². The Kier molecular flexibility index (Phi) is 6.30.